The summed E-state index contributed by atoms with van der Waals surface area (Å²) in [6.45, 7) is 0. The molecule has 0 unspecified atom stereocenters. The Kier molecular flexibility index (Phi) is 7.88. The van der Waals surface area contributed by atoms with Gasteiger partial charge in [-0.15, -0.1) is 11.8 Å². The Morgan fingerprint density at radius 2 is 1.52 bits per heavy atom. The topological polar surface area (TPSA) is 81.7 Å². The van der Waals surface area contributed by atoms with Gasteiger partial charge in [0.25, 0.3) is 0 Å². The third-order valence-corrected chi connectivity index (χ3v) is 4.72. The van der Waals surface area contributed by atoms with Gasteiger partial charge in [0, 0.05) is 17.0 Å². The predicted octanol–water partition coefficient (Wildman–Crippen LogP) is 3.77. The number of amides is 1. The molecule has 0 atom stereocenters. The van der Waals surface area contributed by atoms with Gasteiger partial charge in [-0.2, -0.15) is 0 Å². The number of thioether (sulfide) groups is 1. The fourth-order valence-electron chi connectivity index (χ4n) is 2.33. The summed E-state index contributed by atoms with van der Waals surface area (Å²) < 4.78 is 9.36. The lowest BCUT2D eigenvalue weighted by molar-refractivity contribution is -0.116. The van der Waals surface area contributed by atoms with Gasteiger partial charge in [-0.25, -0.2) is 9.59 Å². The van der Waals surface area contributed by atoms with Crippen LogP contribution in [-0.4, -0.2) is 37.8 Å². The molecule has 27 heavy (non-hydrogen) atoms. The van der Waals surface area contributed by atoms with Crippen molar-refractivity contribution in [2.45, 2.75) is 17.7 Å². The highest BCUT2D eigenvalue weighted by Gasteiger charge is 2.15. The molecule has 0 spiro atoms. The van der Waals surface area contributed by atoms with Crippen LogP contribution in [0.5, 0.6) is 0 Å². The van der Waals surface area contributed by atoms with Gasteiger partial charge in [0.2, 0.25) is 5.91 Å². The van der Waals surface area contributed by atoms with Crippen molar-refractivity contribution >= 4 is 35.3 Å². The maximum atomic E-state index is 12.2. The van der Waals surface area contributed by atoms with Crippen LogP contribution < -0.4 is 5.32 Å². The zero-order chi connectivity index (χ0) is 19.6. The largest absolute Gasteiger partial charge is 0.465 e. The molecule has 0 aliphatic rings. The second kappa shape index (κ2) is 10.4. The second-order valence-corrected chi connectivity index (χ2v) is 6.76. The van der Waals surface area contributed by atoms with Crippen molar-refractivity contribution in [3.05, 3.63) is 59.7 Å². The minimum Gasteiger partial charge on any atom is -0.465 e. The molecule has 0 saturated carbocycles. The third kappa shape index (κ3) is 6.45. The fourth-order valence-corrected chi connectivity index (χ4v) is 3.21. The van der Waals surface area contributed by atoms with E-state index >= 15 is 0 Å². The van der Waals surface area contributed by atoms with E-state index in [4.69, 9.17) is 0 Å². The van der Waals surface area contributed by atoms with Gasteiger partial charge in [-0.05, 0) is 42.5 Å². The highest BCUT2D eigenvalue weighted by atomic mass is 32.2. The number of methoxy groups -OCH3 is 2. The van der Waals surface area contributed by atoms with E-state index in [0.29, 0.717) is 18.5 Å². The summed E-state index contributed by atoms with van der Waals surface area (Å²) in [5, 5.41) is 2.72. The first-order valence-corrected chi connectivity index (χ1v) is 9.31. The first-order valence-electron chi connectivity index (χ1n) is 8.33. The number of anilines is 1. The van der Waals surface area contributed by atoms with Crippen molar-refractivity contribution in [1.82, 2.24) is 0 Å². The summed E-state index contributed by atoms with van der Waals surface area (Å²) in [6.07, 6.45) is 1.03. The van der Waals surface area contributed by atoms with Gasteiger partial charge in [-0.1, -0.05) is 18.2 Å². The second-order valence-electron chi connectivity index (χ2n) is 5.60. The Balaban J connectivity index is 1.95. The molecule has 0 fully saturated rings. The zero-order valence-corrected chi connectivity index (χ0v) is 16.0. The maximum Gasteiger partial charge on any atom is 0.337 e. The molecule has 1 amide bonds. The quantitative estimate of drug-likeness (QED) is 0.422. The summed E-state index contributed by atoms with van der Waals surface area (Å²) in [5.74, 6) is -0.583. The highest BCUT2D eigenvalue weighted by molar-refractivity contribution is 7.99. The number of hydrogen-bond acceptors (Lipinski definition) is 6. The van der Waals surface area contributed by atoms with Gasteiger partial charge in [0.15, 0.2) is 0 Å². The number of carbonyl (C=O) groups excluding carboxylic acids is 3. The third-order valence-electron chi connectivity index (χ3n) is 3.62. The standard InChI is InChI=1S/C20H21NO5S/c1-25-19(23)14-11-15(20(24)26-2)13-16(12-14)21-18(22)9-6-10-27-17-7-4-3-5-8-17/h3-5,7-8,11-13H,6,9-10H2,1-2H3,(H,21,22). The van der Waals surface area contributed by atoms with Crippen LogP contribution in [0, 0.1) is 0 Å². The summed E-state index contributed by atoms with van der Waals surface area (Å²) >= 11 is 1.69. The Morgan fingerprint density at radius 1 is 0.926 bits per heavy atom. The normalized spacial score (nSPS) is 10.1. The summed E-state index contributed by atoms with van der Waals surface area (Å²) in [6, 6.07) is 14.3. The molecule has 0 heterocycles. The smallest absolute Gasteiger partial charge is 0.337 e. The molecule has 0 aromatic heterocycles. The lowest BCUT2D eigenvalue weighted by Crippen LogP contribution is -2.14. The van der Waals surface area contributed by atoms with Gasteiger partial charge in [0.05, 0.1) is 25.3 Å². The van der Waals surface area contributed by atoms with E-state index in [1.165, 1.54) is 32.4 Å². The van der Waals surface area contributed by atoms with Gasteiger partial charge in [0.1, 0.15) is 0 Å². The molecule has 0 radical (unpaired) electrons. The molecule has 0 saturated heterocycles. The molecule has 2 aromatic rings. The average molecular weight is 387 g/mol. The lowest BCUT2D eigenvalue weighted by atomic mass is 10.1. The van der Waals surface area contributed by atoms with Crippen molar-refractivity contribution in [3.63, 3.8) is 0 Å². The summed E-state index contributed by atoms with van der Waals surface area (Å²) in [7, 11) is 2.49. The van der Waals surface area contributed by atoms with Crippen LogP contribution in [0.4, 0.5) is 5.69 Å². The Morgan fingerprint density at radius 3 is 2.07 bits per heavy atom. The lowest BCUT2D eigenvalue weighted by Gasteiger charge is -2.09. The molecule has 0 aliphatic carbocycles. The number of esters is 2. The molecular formula is C20H21NO5S. The van der Waals surface area contributed by atoms with Crippen molar-refractivity contribution in [2.24, 2.45) is 0 Å². The molecule has 0 bridgehead atoms. The Bertz CT molecular complexity index is 773. The summed E-state index contributed by atoms with van der Waals surface area (Å²) in [5.41, 5.74) is 0.671. The average Bonchev–Trinajstić information content (AvgIpc) is 2.70. The number of benzene rings is 2. The predicted molar refractivity (Wildman–Crippen MR) is 104 cm³/mol. The van der Waals surface area contributed by atoms with E-state index in [2.05, 4.69) is 14.8 Å². The molecular weight excluding hydrogens is 366 g/mol. The van der Waals surface area contributed by atoms with Crippen molar-refractivity contribution in [2.75, 3.05) is 25.3 Å². The number of nitrogens with one attached hydrogen (secondary N) is 1. The van der Waals surface area contributed by atoms with Crippen LogP contribution in [0.15, 0.2) is 53.4 Å². The van der Waals surface area contributed by atoms with Crippen molar-refractivity contribution < 1.29 is 23.9 Å². The van der Waals surface area contributed by atoms with Crippen molar-refractivity contribution in [1.29, 1.82) is 0 Å². The first-order chi connectivity index (χ1) is 13.0. The maximum absolute atomic E-state index is 12.2. The van der Waals surface area contributed by atoms with E-state index in [-0.39, 0.29) is 17.0 Å². The number of ether oxygens (including phenoxy) is 2. The van der Waals surface area contributed by atoms with Crippen LogP contribution in [0.2, 0.25) is 0 Å². The van der Waals surface area contributed by atoms with Crippen molar-refractivity contribution in [3.8, 4) is 0 Å². The molecule has 2 aromatic carbocycles. The van der Waals surface area contributed by atoms with Gasteiger partial charge < -0.3 is 14.8 Å². The van der Waals surface area contributed by atoms with E-state index in [9.17, 15) is 14.4 Å². The number of hydrogen-bond donors (Lipinski definition) is 1. The molecule has 2 rings (SSSR count). The minimum absolute atomic E-state index is 0.162. The van der Waals surface area contributed by atoms with Gasteiger partial charge >= 0.3 is 11.9 Å². The molecule has 142 valence electrons. The van der Waals surface area contributed by atoms with Crippen LogP contribution in [0.3, 0.4) is 0 Å². The number of rotatable bonds is 8. The number of carbonyl (C=O) groups is 3. The van der Waals surface area contributed by atoms with E-state index in [0.717, 1.165) is 10.6 Å². The molecule has 0 aliphatic heterocycles. The molecule has 1 N–H and O–H groups in total. The van der Waals surface area contributed by atoms with Crippen LogP contribution in [-0.2, 0) is 14.3 Å². The zero-order valence-electron chi connectivity index (χ0n) is 15.2. The minimum atomic E-state index is -0.601. The van der Waals surface area contributed by atoms with E-state index in [1.54, 1.807) is 11.8 Å². The monoisotopic (exact) mass is 387 g/mol. The molecule has 7 heteroatoms. The Hall–Kier alpha value is -2.80. The van der Waals surface area contributed by atoms with E-state index < -0.39 is 11.9 Å². The Labute approximate surface area is 162 Å². The first kappa shape index (κ1) is 20.5. The van der Waals surface area contributed by atoms with E-state index in [1.807, 2.05) is 30.3 Å². The van der Waals surface area contributed by atoms with Gasteiger partial charge in [-0.3, -0.25) is 4.79 Å². The molecule has 6 nitrogen and oxygen atoms in total. The van der Waals surface area contributed by atoms with Crippen LogP contribution in [0.1, 0.15) is 33.6 Å². The van der Waals surface area contributed by atoms with Crippen LogP contribution in [0.25, 0.3) is 0 Å². The summed E-state index contributed by atoms with van der Waals surface area (Å²) in [4.78, 5) is 36.9. The van der Waals surface area contributed by atoms with Crippen LogP contribution >= 0.6 is 11.8 Å². The fraction of sp³-hybridized carbons (Fsp3) is 0.250. The SMILES string of the molecule is COC(=O)c1cc(NC(=O)CCCSc2ccccc2)cc(C(=O)OC)c1. The highest BCUT2D eigenvalue weighted by Crippen LogP contribution is 2.20.